The van der Waals surface area contributed by atoms with E-state index in [1.165, 1.54) is 0 Å². The Morgan fingerprint density at radius 2 is 1.96 bits per heavy atom. The minimum Gasteiger partial charge on any atom is -0.444 e. The highest BCUT2D eigenvalue weighted by Gasteiger charge is 2.30. The second-order valence-corrected chi connectivity index (χ2v) is 7.30. The smallest absolute Gasteiger partial charge is 0.410 e. The summed E-state index contributed by atoms with van der Waals surface area (Å²) in [5.41, 5.74) is 1.69. The minimum absolute atomic E-state index is 0.0417. The van der Waals surface area contributed by atoms with Gasteiger partial charge in [-0.05, 0) is 38.0 Å². The van der Waals surface area contributed by atoms with E-state index in [1.54, 1.807) is 17.2 Å². The van der Waals surface area contributed by atoms with Crippen molar-refractivity contribution in [3.8, 4) is 0 Å². The number of nitrogens with zero attached hydrogens (tertiary/aromatic N) is 3. The summed E-state index contributed by atoms with van der Waals surface area (Å²) >= 11 is 0. The zero-order valence-electron chi connectivity index (χ0n) is 16.0. The van der Waals surface area contributed by atoms with Crippen LogP contribution in [0, 0.1) is 0 Å². The number of hydrogen-bond acceptors (Lipinski definition) is 4. The Kier molecular flexibility index (Phi) is 6.75. The lowest BCUT2D eigenvalue weighted by molar-refractivity contribution is 0.0119. The van der Waals surface area contributed by atoms with Crippen LogP contribution in [0.5, 0.6) is 0 Å². The Morgan fingerprint density at radius 3 is 2.46 bits per heavy atom. The molecule has 0 aromatic carbocycles. The highest BCUT2D eigenvalue weighted by Crippen LogP contribution is 2.30. The Labute approximate surface area is 156 Å². The molecule has 1 amide bonds. The molecule has 1 aromatic heterocycles. The lowest BCUT2D eigenvalue weighted by Gasteiger charge is -2.40. The number of ether oxygens (including phenoxy) is 1. The van der Waals surface area contributed by atoms with E-state index in [0.717, 1.165) is 24.2 Å². The van der Waals surface area contributed by atoms with Gasteiger partial charge in [-0.25, -0.2) is 4.79 Å². The molecule has 1 aliphatic rings. The van der Waals surface area contributed by atoms with Gasteiger partial charge < -0.3 is 9.64 Å². The van der Waals surface area contributed by atoms with E-state index in [0.29, 0.717) is 13.1 Å². The van der Waals surface area contributed by atoms with E-state index in [1.807, 2.05) is 45.2 Å². The van der Waals surface area contributed by atoms with Crippen LogP contribution in [0.25, 0.3) is 0 Å². The first kappa shape index (κ1) is 19.9. The number of rotatable bonds is 5. The van der Waals surface area contributed by atoms with Crippen LogP contribution in [-0.2, 0) is 4.74 Å². The van der Waals surface area contributed by atoms with Crippen molar-refractivity contribution in [1.82, 2.24) is 14.8 Å². The third-order valence-corrected chi connectivity index (χ3v) is 4.19. The fourth-order valence-corrected chi connectivity index (χ4v) is 3.05. The van der Waals surface area contributed by atoms with Crippen LogP contribution in [-0.4, -0.2) is 52.7 Å². The summed E-state index contributed by atoms with van der Waals surface area (Å²) in [7, 11) is 0. The normalized spacial score (nSPS) is 17.5. The Balaban J connectivity index is 2.14. The molecule has 5 nitrogen and oxygen atoms in total. The van der Waals surface area contributed by atoms with E-state index in [9.17, 15) is 4.79 Å². The van der Waals surface area contributed by atoms with Crippen LogP contribution in [0.4, 0.5) is 4.79 Å². The SMILES string of the molecule is C=CC=C(C=C)C(c1cccnc1)N1CCN(C(=O)OC(C)(C)C)CC1. The van der Waals surface area contributed by atoms with Crippen LogP contribution >= 0.6 is 0 Å². The summed E-state index contributed by atoms with van der Waals surface area (Å²) in [5, 5.41) is 0. The summed E-state index contributed by atoms with van der Waals surface area (Å²) in [4.78, 5) is 20.7. The second kappa shape index (κ2) is 8.81. The third-order valence-electron chi connectivity index (χ3n) is 4.19. The van der Waals surface area contributed by atoms with E-state index < -0.39 is 5.60 Å². The van der Waals surface area contributed by atoms with Gasteiger partial charge in [0.2, 0.25) is 0 Å². The van der Waals surface area contributed by atoms with Gasteiger partial charge in [0.1, 0.15) is 5.60 Å². The monoisotopic (exact) mass is 355 g/mol. The molecule has 0 aliphatic carbocycles. The molecule has 2 heterocycles. The first-order valence-electron chi connectivity index (χ1n) is 8.92. The highest BCUT2D eigenvalue weighted by molar-refractivity contribution is 5.68. The van der Waals surface area contributed by atoms with Crippen molar-refractivity contribution in [3.05, 3.63) is 67.0 Å². The van der Waals surface area contributed by atoms with Gasteiger partial charge in [-0.2, -0.15) is 0 Å². The second-order valence-electron chi connectivity index (χ2n) is 7.30. The summed E-state index contributed by atoms with van der Waals surface area (Å²) in [6.45, 7) is 16.2. The van der Waals surface area contributed by atoms with E-state index in [2.05, 4.69) is 29.1 Å². The lowest BCUT2D eigenvalue weighted by Crippen LogP contribution is -2.51. The number of allylic oxidation sites excluding steroid dienone is 2. The fourth-order valence-electron chi connectivity index (χ4n) is 3.05. The molecule has 1 atom stereocenters. The largest absolute Gasteiger partial charge is 0.444 e. The zero-order valence-corrected chi connectivity index (χ0v) is 16.0. The standard InChI is InChI=1S/C21H29N3O2/c1-6-9-17(7-2)19(18-10-8-11-22-16-18)23-12-14-24(15-13-23)20(25)26-21(3,4)5/h6-11,16,19H,1-2,12-15H2,3-5H3. The van der Waals surface area contributed by atoms with Crippen molar-refractivity contribution in [2.75, 3.05) is 26.2 Å². The van der Waals surface area contributed by atoms with Crippen LogP contribution in [0.15, 0.2) is 61.5 Å². The summed E-state index contributed by atoms with van der Waals surface area (Å²) < 4.78 is 5.48. The molecule has 1 unspecified atom stereocenters. The molecule has 1 fully saturated rings. The van der Waals surface area contributed by atoms with Gasteiger partial charge in [0, 0.05) is 38.6 Å². The van der Waals surface area contributed by atoms with Crippen LogP contribution in [0.1, 0.15) is 32.4 Å². The molecule has 140 valence electrons. The average molecular weight is 355 g/mol. The Bertz CT molecular complexity index is 654. The number of carbonyl (C=O) groups excluding carboxylic acids is 1. The van der Waals surface area contributed by atoms with Crippen molar-refractivity contribution >= 4 is 6.09 Å². The molecule has 5 heteroatoms. The lowest BCUT2D eigenvalue weighted by atomic mass is 9.97. The van der Waals surface area contributed by atoms with Gasteiger partial charge in [-0.15, -0.1) is 0 Å². The first-order chi connectivity index (χ1) is 12.4. The number of carbonyl (C=O) groups is 1. The molecule has 1 aromatic rings. The van der Waals surface area contributed by atoms with Crippen molar-refractivity contribution in [3.63, 3.8) is 0 Å². The van der Waals surface area contributed by atoms with Gasteiger partial charge in [0.25, 0.3) is 0 Å². The molecule has 1 saturated heterocycles. The van der Waals surface area contributed by atoms with E-state index in [-0.39, 0.29) is 12.1 Å². The summed E-state index contributed by atoms with van der Waals surface area (Å²) in [6, 6.07) is 4.05. The molecule has 1 aliphatic heterocycles. The zero-order chi connectivity index (χ0) is 19.2. The quantitative estimate of drug-likeness (QED) is 0.750. The molecular formula is C21H29N3O2. The van der Waals surface area contributed by atoms with Crippen molar-refractivity contribution < 1.29 is 9.53 Å². The molecule has 0 bridgehead atoms. The maximum Gasteiger partial charge on any atom is 0.410 e. The number of aromatic nitrogens is 1. The number of hydrogen-bond donors (Lipinski definition) is 0. The van der Waals surface area contributed by atoms with Crippen LogP contribution in [0.3, 0.4) is 0 Å². The van der Waals surface area contributed by atoms with E-state index >= 15 is 0 Å². The molecule has 0 spiro atoms. The maximum absolute atomic E-state index is 12.3. The van der Waals surface area contributed by atoms with Gasteiger partial charge in [0.15, 0.2) is 0 Å². The van der Waals surface area contributed by atoms with Gasteiger partial charge in [-0.3, -0.25) is 9.88 Å². The number of piperazine rings is 1. The minimum atomic E-state index is -0.477. The van der Waals surface area contributed by atoms with Crippen LogP contribution < -0.4 is 0 Å². The van der Waals surface area contributed by atoms with Crippen molar-refractivity contribution in [1.29, 1.82) is 0 Å². The maximum atomic E-state index is 12.3. The third kappa shape index (κ3) is 5.30. The average Bonchev–Trinajstić information content (AvgIpc) is 2.61. The molecule has 0 saturated carbocycles. The molecule has 0 N–H and O–H groups in total. The Hall–Kier alpha value is -2.40. The first-order valence-corrected chi connectivity index (χ1v) is 8.92. The number of pyridine rings is 1. The predicted octanol–water partition coefficient (Wildman–Crippen LogP) is 3.97. The molecule has 2 rings (SSSR count). The predicted molar refractivity (Wildman–Crippen MR) is 105 cm³/mol. The Morgan fingerprint density at radius 1 is 1.27 bits per heavy atom. The topological polar surface area (TPSA) is 45.7 Å². The summed E-state index contributed by atoms with van der Waals surface area (Å²) in [6.07, 6.45) is 9.01. The van der Waals surface area contributed by atoms with Crippen LogP contribution in [0.2, 0.25) is 0 Å². The van der Waals surface area contributed by atoms with Crippen molar-refractivity contribution in [2.24, 2.45) is 0 Å². The van der Waals surface area contributed by atoms with Gasteiger partial charge >= 0.3 is 6.09 Å². The highest BCUT2D eigenvalue weighted by atomic mass is 16.6. The molecule has 0 radical (unpaired) electrons. The molecular weight excluding hydrogens is 326 g/mol. The summed E-state index contributed by atoms with van der Waals surface area (Å²) in [5.74, 6) is 0. The van der Waals surface area contributed by atoms with Crippen molar-refractivity contribution in [2.45, 2.75) is 32.4 Å². The fraction of sp³-hybridized carbons (Fsp3) is 0.429. The van der Waals surface area contributed by atoms with Gasteiger partial charge in [-0.1, -0.05) is 37.5 Å². The van der Waals surface area contributed by atoms with E-state index in [4.69, 9.17) is 4.74 Å². The number of amides is 1. The van der Waals surface area contributed by atoms with Gasteiger partial charge in [0.05, 0.1) is 6.04 Å². The molecule has 26 heavy (non-hydrogen) atoms.